The Bertz CT molecular complexity index is 1330. The average Bonchev–Trinajstić information content (AvgIpc) is 2.91. The van der Waals surface area contributed by atoms with Gasteiger partial charge in [0.1, 0.15) is 17.6 Å². The molecule has 1 atom stereocenters. The molecule has 4 nitrogen and oxygen atoms in total. The standard InChI is InChI=1S/C33H37NO3/c1-7-9-12-29(8-2)37-32-17-15-27(19-28(32)21-34)31-13-10-11-25(23(31)4)18-22(3)30-16-14-26(24(5)35)20-33(30)36-6/h10-11,13-20,29H,7-9,12H2,1-6H3/b22-18+. The first-order chi connectivity index (χ1) is 17.8. The van der Waals surface area contributed by atoms with Crippen LogP contribution in [0.25, 0.3) is 22.8 Å². The summed E-state index contributed by atoms with van der Waals surface area (Å²) in [4.78, 5) is 11.8. The van der Waals surface area contributed by atoms with Crippen molar-refractivity contribution in [2.24, 2.45) is 0 Å². The molecule has 0 bridgehead atoms. The normalized spacial score (nSPS) is 12.1. The number of Topliss-reactive ketones (excluding diaryl/α,β-unsaturated/α-hetero) is 1. The molecule has 0 aliphatic carbocycles. The maximum atomic E-state index is 11.8. The topological polar surface area (TPSA) is 59.3 Å². The van der Waals surface area contributed by atoms with E-state index >= 15 is 0 Å². The third kappa shape index (κ3) is 6.68. The number of hydrogen-bond acceptors (Lipinski definition) is 4. The fraction of sp³-hybridized carbons (Fsp3) is 0.333. The Balaban J connectivity index is 1.95. The predicted octanol–water partition coefficient (Wildman–Crippen LogP) is 8.65. The lowest BCUT2D eigenvalue weighted by Crippen LogP contribution is -2.15. The first-order valence-electron chi connectivity index (χ1n) is 13.0. The molecule has 0 radical (unpaired) electrons. The monoisotopic (exact) mass is 495 g/mol. The molecule has 0 N–H and O–H groups in total. The van der Waals surface area contributed by atoms with Crippen molar-refractivity contribution in [2.45, 2.75) is 66.4 Å². The highest BCUT2D eigenvalue weighted by Crippen LogP contribution is 2.34. The molecule has 37 heavy (non-hydrogen) atoms. The molecule has 0 aliphatic rings. The summed E-state index contributed by atoms with van der Waals surface area (Å²) in [5.74, 6) is 1.34. The zero-order chi connectivity index (χ0) is 26.9. The molecule has 0 aromatic heterocycles. The summed E-state index contributed by atoms with van der Waals surface area (Å²) in [6.07, 6.45) is 6.41. The van der Waals surface area contributed by atoms with Gasteiger partial charge in [-0.15, -0.1) is 0 Å². The average molecular weight is 496 g/mol. The number of nitriles is 1. The van der Waals surface area contributed by atoms with Crippen molar-refractivity contribution in [1.29, 1.82) is 5.26 Å². The van der Waals surface area contributed by atoms with Crippen LogP contribution < -0.4 is 9.47 Å². The molecule has 0 saturated heterocycles. The Labute approximate surface area is 221 Å². The van der Waals surface area contributed by atoms with Crippen molar-refractivity contribution >= 4 is 17.4 Å². The minimum Gasteiger partial charge on any atom is -0.496 e. The number of ether oxygens (including phenoxy) is 2. The van der Waals surface area contributed by atoms with Crippen LogP contribution in [0, 0.1) is 18.3 Å². The molecule has 1 unspecified atom stereocenters. The quantitative estimate of drug-likeness (QED) is 0.197. The van der Waals surface area contributed by atoms with E-state index in [4.69, 9.17) is 9.47 Å². The van der Waals surface area contributed by atoms with Gasteiger partial charge < -0.3 is 9.47 Å². The summed E-state index contributed by atoms with van der Waals surface area (Å²) >= 11 is 0. The van der Waals surface area contributed by atoms with Crippen LogP contribution in [0.1, 0.15) is 86.0 Å². The number of hydrogen-bond donors (Lipinski definition) is 0. The second-order valence-electron chi connectivity index (χ2n) is 9.43. The second-order valence-corrected chi connectivity index (χ2v) is 9.43. The molecule has 3 aromatic rings. The number of nitrogens with zero attached hydrogens (tertiary/aromatic N) is 1. The smallest absolute Gasteiger partial charge is 0.159 e. The van der Waals surface area contributed by atoms with E-state index in [9.17, 15) is 10.1 Å². The van der Waals surface area contributed by atoms with Gasteiger partial charge in [-0.1, -0.05) is 69.2 Å². The maximum absolute atomic E-state index is 11.8. The molecule has 0 aliphatic heterocycles. The van der Waals surface area contributed by atoms with Gasteiger partial charge in [0.05, 0.1) is 18.8 Å². The van der Waals surface area contributed by atoms with Gasteiger partial charge in [-0.3, -0.25) is 4.79 Å². The van der Waals surface area contributed by atoms with Gasteiger partial charge in [-0.25, -0.2) is 0 Å². The molecule has 3 rings (SSSR count). The van der Waals surface area contributed by atoms with Gasteiger partial charge in [0.2, 0.25) is 0 Å². The third-order valence-electron chi connectivity index (χ3n) is 6.82. The lowest BCUT2D eigenvalue weighted by Gasteiger charge is -2.19. The molecule has 0 fully saturated rings. The molecule has 4 heteroatoms. The van der Waals surface area contributed by atoms with E-state index in [0.29, 0.717) is 22.6 Å². The Morgan fingerprint density at radius 1 is 1.05 bits per heavy atom. The van der Waals surface area contributed by atoms with Crippen molar-refractivity contribution < 1.29 is 14.3 Å². The zero-order valence-electron chi connectivity index (χ0n) is 22.9. The molecule has 192 valence electrons. The largest absolute Gasteiger partial charge is 0.496 e. The highest BCUT2D eigenvalue weighted by atomic mass is 16.5. The first-order valence-corrected chi connectivity index (χ1v) is 13.0. The summed E-state index contributed by atoms with van der Waals surface area (Å²) in [6, 6.07) is 20.0. The van der Waals surface area contributed by atoms with Crippen LogP contribution in [-0.4, -0.2) is 19.0 Å². The van der Waals surface area contributed by atoms with E-state index in [-0.39, 0.29) is 11.9 Å². The number of carbonyl (C=O) groups is 1. The lowest BCUT2D eigenvalue weighted by atomic mass is 9.93. The summed E-state index contributed by atoms with van der Waals surface area (Å²) in [5.41, 5.74) is 7.42. The fourth-order valence-electron chi connectivity index (χ4n) is 4.51. The predicted molar refractivity (Wildman–Crippen MR) is 152 cm³/mol. The number of ketones is 1. The molecular weight excluding hydrogens is 458 g/mol. The summed E-state index contributed by atoms with van der Waals surface area (Å²) < 4.78 is 11.8. The second kappa shape index (κ2) is 12.9. The van der Waals surface area contributed by atoms with Crippen molar-refractivity contribution in [1.82, 2.24) is 0 Å². The third-order valence-corrected chi connectivity index (χ3v) is 6.82. The van der Waals surface area contributed by atoms with Crippen LogP contribution in [0.2, 0.25) is 0 Å². The first kappa shape index (κ1) is 27.7. The SMILES string of the molecule is CCCCC(CC)Oc1ccc(-c2cccc(/C=C(\C)c3ccc(C(C)=O)cc3OC)c2C)cc1C#N. The highest BCUT2D eigenvalue weighted by Gasteiger charge is 2.14. The minimum atomic E-state index is 0.00867. The Kier molecular flexibility index (Phi) is 9.69. The number of rotatable bonds is 11. The zero-order valence-corrected chi connectivity index (χ0v) is 22.9. The van der Waals surface area contributed by atoms with Crippen LogP contribution >= 0.6 is 0 Å². The molecular formula is C33H37NO3. The summed E-state index contributed by atoms with van der Waals surface area (Å²) in [5, 5.41) is 9.85. The van der Waals surface area contributed by atoms with E-state index in [1.54, 1.807) is 20.1 Å². The number of unbranched alkanes of at least 4 members (excludes halogenated alkanes) is 1. The van der Waals surface area contributed by atoms with Crippen LogP contribution in [0.3, 0.4) is 0 Å². The van der Waals surface area contributed by atoms with Gasteiger partial charge in [-0.05, 0) is 79.6 Å². The van der Waals surface area contributed by atoms with E-state index in [2.05, 4.69) is 45.0 Å². The van der Waals surface area contributed by atoms with Gasteiger partial charge in [0, 0.05) is 11.1 Å². The molecule has 0 spiro atoms. The molecule has 0 saturated carbocycles. The van der Waals surface area contributed by atoms with Gasteiger partial charge in [0.25, 0.3) is 0 Å². The van der Waals surface area contributed by atoms with Crippen LogP contribution in [0.4, 0.5) is 0 Å². The Hall–Kier alpha value is -3.84. The van der Waals surface area contributed by atoms with Crippen LogP contribution in [0.15, 0.2) is 54.6 Å². The highest BCUT2D eigenvalue weighted by molar-refractivity contribution is 5.95. The van der Waals surface area contributed by atoms with Crippen molar-refractivity contribution in [2.75, 3.05) is 7.11 Å². The van der Waals surface area contributed by atoms with Gasteiger partial charge >= 0.3 is 0 Å². The molecule has 0 heterocycles. The number of allylic oxidation sites excluding steroid dienone is 1. The van der Waals surface area contributed by atoms with Crippen molar-refractivity contribution in [3.8, 4) is 28.7 Å². The maximum Gasteiger partial charge on any atom is 0.159 e. The van der Waals surface area contributed by atoms with E-state index < -0.39 is 0 Å². The minimum absolute atomic E-state index is 0.00867. The van der Waals surface area contributed by atoms with Crippen LogP contribution in [0.5, 0.6) is 11.5 Å². The molecule has 0 amide bonds. The number of methoxy groups -OCH3 is 1. The lowest BCUT2D eigenvalue weighted by molar-refractivity contribution is 0.101. The van der Waals surface area contributed by atoms with E-state index in [1.165, 1.54) is 0 Å². The Morgan fingerprint density at radius 3 is 2.49 bits per heavy atom. The Morgan fingerprint density at radius 2 is 1.84 bits per heavy atom. The molecule has 3 aromatic carbocycles. The van der Waals surface area contributed by atoms with Gasteiger partial charge in [0.15, 0.2) is 5.78 Å². The van der Waals surface area contributed by atoms with Gasteiger partial charge in [-0.2, -0.15) is 5.26 Å². The summed E-state index contributed by atoms with van der Waals surface area (Å²) in [7, 11) is 1.62. The van der Waals surface area contributed by atoms with Crippen LogP contribution in [-0.2, 0) is 0 Å². The van der Waals surface area contributed by atoms with E-state index in [0.717, 1.165) is 59.1 Å². The fourth-order valence-corrected chi connectivity index (χ4v) is 4.51. The number of carbonyl (C=O) groups excluding carboxylic acids is 1. The van der Waals surface area contributed by atoms with Crippen molar-refractivity contribution in [3.05, 3.63) is 82.4 Å². The number of benzene rings is 3. The van der Waals surface area contributed by atoms with Crippen molar-refractivity contribution in [3.63, 3.8) is 0 Å². The summed E-state index contributed by atoms with van der Waals surface area (Å²) in [6.45, 7) is 9.99. The van der Waals surface area contributed by atoms with E-state index in [1.807, 2.05) is 43.3 Å².